The van der Waals surface area contributed by atoms with Crippen molar-refractivity contribution in [3.63, 3.8) is 0 Å². The van der Waals surface area contributed by atoms with E-state index in [1.165, 1.54) is 19.2 Å². The normalized spacial score (nSPS) is 17.9. The first-order valence-electron chi connectivity index (χ1n) is 4.70. The molecule has 0 spiro atoms. The highest BCUT2D eigenvalue weighted by atomic mass is 19.1. The molecule has 0 N–H and O–H groups in total. The summed E-state index contributed by atoms with van der Waals surface area (Å²) in [5.74, 6) is -0.499. The van der Waals surface area contributed by atoms with Crippen molar-refractivity contribution >= 4 is 5.78 Å². The maximum absolute atomic E-state index is 13.5. The monoisotopic (exact) mass is 193 g/mol. The molecule has 0 aliphatic heterocycles. The Morgan fingerprint density at radius 2 is 2.21 bits per heavy atom. The van der Waals surface area contributed by atoms with E-state index < -0.39 is 0 Å². The minimum Gasteiger partial charge on any atom is -0.294 e. The highest BCUT2D eigenvalue weighted by molar-refractivity contribution is 5.93. The maximum Gasteiger partial charge on any atom is 0.161 e. The fourth-order valence-corrected chi connectivity index (χ4v) is 1.50. The van der Waals surface area contributed by atoms with Crippen molar-refractivity contribution in [3.05, 3.63) is 29.3 Å². The van der Waals surface area contributed by atoms with E-state index in [-0.39, 0.29) is 17.0 Å². The molecule has 3 heteroatoms. The predicted octanol–water partition coefficient (Wildman–Crippen LogP) is 2.47. The largest absolute Gasteiger partial charge is 0.294 e. The van der Waals surface area contributed by atoms with E-state index in [4.69, 9.17) is 0 Å². The highest BCUT2D eigenvalue weighted by Crippen LogP contribution is 2.47. The molecule has 0 bridgehead atoms. The van der Waals surface area contributed by atoms with Gasteiger partial charge in [-0.2, -0.15) is 0 Å². The number of halogens is 1. The molecule has 0 aromatic carbocycles. The number of rotatable bonds is 2. The Labute approximate surface area is 82.2 Å². The lowest BCUT2D eigenvalue weighted by atomic mass is 10.0. The summed E-state index contributed by atoms with van der Waals surface area (Å²) < 4.78 is 13.5. The second-order valence-corrected chi connectivity index (χ2v) is 4.17. The van der Waals surface area contributed by atoms with Gasteiger partial charge in [0, 0.05) is 17.2 Å². The van der Waals surface area contributed by atoms with Crippen LogP contribution in [-0.4, -0.2) is 10.8 Å². The van der Waals surface area contributed by atoms with Crippen LogP contribution in [-0.2, 0) is 5.41 Å². The third kappa shape index (κ3) is 1.43. The van der Waals surface area contributed by atoms with Gasteiger partial charge in [0.15, 0.2) is 5.78 Å². The molecule has 14 heavy (non-hydrogen) atoms. The predicted molar refractivity (Wildman–Crippen MR) is 50.8 cm³/mol. The lowest BCUT2D eigenvalue weighted by Crippen LogP contribution is -2.08. The smallest absolute Gasteiger partial charge is 0.161 e. The van der Waals surface area contributed by atoms with E-state index >= 15 is 0 Å². The van der Waals surface area contributed by atoms with Crippen LogP contribution in [0.5, 0.6) is 0 Å². The SMILES string of the molecule is CC(=O)c1cnc(C2(C)CC2)c(F)c1. The van der Waals surface area contributed by atoms with Crippen molar-refractivity contribution in [2.45, 2.75) is 32.1 Å². The van der Waals surface area contributed by atoms with Gasteiger partial charge in [-0.05, 0) is 25.8 Å². The van der Waals surface area contributed by atoms with Crippen LogP contribution in [0.1, 0.15) is 42.7 Å². The molecule has 1 aromatic heterocycles. The molecule has 0 radical (unpaired) electrons. The Kier molecular flexibility index (Phi) is 1.91. The summed E-state index contributed by atoms with van der Waals surface area (Å²) in [7, 11) is 0. The van der Waals surface area contributed by atoms with E-state index in [0.717, 1.165) is 12.8 Å². The van der Waals surface area contributed by atoms with Crippen molar-refractivity contribution in [2.24, 2.45) is 0 Å². The molecule has 1 saturated carbocycles. The van der Waals surface area contributed by atoms with Gasteiger partial charge < -0.3 is 0 Å². The van der Waals surface area contributed by atoms with E-state index in [0.29, 0.717) is 11.3 Å². The standard InChI is InChI=1S/C11H12FNO/c1-7(14)8-5-9(12)10(13-6-8)11(2)3-4-11/h5-6H,3-4H2,1-2H3. The van der Waals surface area contributed by atoms with Gasteiger partial charge >= 0.3 is 0 Å². The van der Waals surface area contributed by atoms with Crippen molar-refractivity contribution in [3.8, 4) is 0 Å². The van der Waals surface area contributed by atoms with Gasteiger partial charge in [-0.25, -0.2) is 4.39 Å². The van der Waals surface area contributed by atoms with Crippen LogP contribution in [0, 0.1) is 5.82 Å². The summed E-state index contributed by atoms with van der Waals surface area (Å²) in [5.41, 5.74) is 0.761. The van der Waals surface area contributed by atoms with Crippen LogP contribution >= 0.6 is 0 Å². The average Bonchev–Trinajstić information content (AvgIpc) is 2.84. The second-order valence-electron chi connectivity index (χ2n) is 4.17. The van der Waals surface area contributed by atoms with E-state index in [2.05, 4.69) is 4.98 Å². The summed E-state index contributed by atoms with van der Waals surface area (Å²) in [6.45, 7) is 3.40. The molecule has 1 aliphatic rings. The van der Waals surface area contributed by atoms with E-state index in [9.17, 15) is 9.18 Å². The van der Waals surface area contributed by atoms with Crippen molar-refractivity contribution < 1.29 is 9.18 Å². The second kappa shape index (κ2) is 2.87. The number of carbonyl (C=O) groups is 1. The zero-order chi connectivity index (χ0) is 10.3. The molecular formula is C11H12FNO. The number of ketones is 1. The van der Waals surface area contributed by atoms with Crippen LogP contribution < -0.4 is 0 Å². The third-order valence-corrected chi connectivity index (χ3v) is 2.82. The molecule has 1 aliphatic carbocycles. The fraction of sp³-hybridized carbons (Fsp3) is 0.455. The zero-order valence-electron chi connectivity index (χ0n) is 8.30. The number of hydrogen-bond donors (Lipinski definition) is 0. The quantitative estimate of drug-likeness (QED) is 0.675. The van der Waals surface area contributed by atoms with Crippen molar-refractivity contribution in [1.82, 2.24) is 4.98 Å². The molecule has 0 atom stereocenters. The molecule has 1 aromatic rings. The first-order chi connectivity index (χ1) is 6.53. The fourth-order valence-electron chi connectivity index (χ4n) is 1.50. The van der Waals surface area contributed by atoms with Gasteiger partial charge in [0.2, 0.25) is 0 Å². The number of aromatic nitrogens is 1. The molecule has 0 amide bonds. The summed E-state index contributed by atoms with van der Waals surface area (Å²) >= 11 is 0. The number of hydrogen-bond acceptors (Lipinski definition) is 2. The Morgan fingerprint density at radius 3 is 2.64 bits per heavy atom. The molecule has 1 heterocycles. The Balaban J connectivity index is 2.41. The number of pyridine rings is 1. The first kappa shape index (κ1) is 9.31. The number of Topliss-reactive ketones (excluding diaryl/α,β-unsaturated/α-hetero) is 1. The molecule has 0 unspecified atom stereocenters. The van der Waals surface area contributed by atoms with E-state index in [1.807, 2.05) is 6.92 Å². The molecule has 2 nitrogen and oxygen atoms in total. The van der Waals surface area contributed by atoms with Gasteiger partial charge in [-0.15, -0.1) is 0 Å². The molecule has 0 saturated heterocycles. The lowest BCUT2D eigenvalue weighted by Gasteiger charge is -2.08. The molecule has 2 rings (SSSR count). The number of nitrogens with zero attached hydrogens (tertiary/aromatic N) is 1. The van der Waals surface area contributed by atoms with E-state index in [1.54, 1.807) is 0 Å². The highest BCUT2D eigenvalue weighted by Gasteiger charge is 2.42. The van der Waals surface area contributed by atoms with Crippen molar-refractivity contribution in [2.75, 3.05) is 0 Å². The van der Waals surface area contributed by atoms with Crippen LogP contribution in [0.25, 0.3) is 0 Å². The zero-order valence-corrected chi connectivity index (χ0v) is 8.30. The van der Waals surface area contributed by atoms with Gasteiger partial charge in [0.25, 0.3) is 0 Å². The molecule has 74 valence electrons. The van der Waals surface area contributed by atoms with Crippen LogP contribution in [0.15, 0.2) is 12.3 Å². The third-order valence-electron chi connectivity index (χ3n) is 2.82. The maximum atomic E-state index is 13.5. The van der Waals surface area contributed by atoms with Crippen LogP contribution in [0.4, 0.5) is 4.39 Å². The lowest BCUT2D eigenvalue weighted by molar-refractivity contribution is 0.101. The Hall–Kier alpha value is -1.25. The molecular weight excluding hydrogens is 181 g/mol. The summed E-state index contributed by atoms with van der Waals surface area (Å²) in [5, 5.41) is 0. The van der Waals surface area contributed by atoms with Crippen molar-refractivity contribution in [1.29, 1.82) is 0 Å². The average molecular weight is 193 g/mol. The van der Waals surface area contributed by atoms with Gasteiger partial charge in [-0.1, -0.05) is 6.92 Å². The molecule has 1 fully saturated rings. The minimum atomic E-state index is -0.349. The summed E-state index contributed by atoms with van der Waals surface area (Å²) in [6, 6.07) is 1.29. The van der Waals surface area contributed by atoms with Gasteiger partial charge in [-0.3, -0.25) is 9.78 Å². The Morgan fingerprint density at radius 1 is 1.57 bits per heavy atom. The topological polar surface area (TPSA) is 30.0 Å². The van der Waals surface area contributed by atoms with Crippen LogP contribution in [0.2, 0.25) is 0 Å². The summed E-state index contributed by atoms with van der Waals surface area (Å²) in [4.78, 5) is 15.0. The summed E-state index contributed by atoms with van der Waals surface area (Å²) in [6.07, 6.45) is 3.43. The van der Waals surface area contributed by atoms with Gasteiger partial charge in [0.05, 0.1) is 5.69 Å². The number of carbonyl (C=O) groups excluding carboxylic acids is 1. The van der Waals surface area contributed by atoms with Crippen LogP contribution in [0.3, 0.4) is 0 Å². The minimum absolute atomic E-state index is 0.0839. The van der Waals surface area contributed by atoms with Gasteiger partial charge in [0.1, 0.15) is 5.82 Å². The first-order valence-corrected chi connectivity index (χ1v) is 4.70. The Bertz CT molecular complexity index is 396.